The normalized spacial score (nSPS) is 27.6. The zero-order valence-corrected chi connectivity index (χ0v) is 17.4. The van der Waals surface area contributed by atoms with Crippen molar-refractivity contribution >= 4 is 29.1 Å². The quantitative estimate of drug-likeness (QED) is 0.549. The molecule has 0 saturated heterocycles. The summed E-state index contributed by atoms with van der Waals surface area (Å²) < 4.78 is 18.8. The van der Waals surface area contributed by atoms with Crippen LogP contribution in [-0.2, 0) is 16.1 Å². The molecule has 9 heteroatoms. The standard InChI is InChI=1S/C22H22ClFN4O3/c23-15-6-5-14(7-16(15)24)31-9-18(29)27-21-10-22(11-21,12-21)28-20(30)19-25-8-13-3-1-2-4-17(13)26-19/h1-7,19,25-26H,8-12H2,(H,27,29)(H,28,30). The predicted molar refractivity (Wildman–Crippen MR) is 113 cm³/mol. The van der Waals surface area contributed by atoms with Gasteiger partial charge in [0, 0.05) is 29.4 Å². The van der Waals surface area contributed by atoms with E-state index in [1.807, 2.05) is 24.3 Å². The molecule has 162 valence electrons. The first-order chi connectivity index (χ1) is 14.9. The predicted octanol–water partition coefficient (Wildman–Crippen LogP) is 2.31. The molecule has 1 aliphatic heterocycles. The highest BCUT2D eigenvalue weighted by Crippen LogP contribution is 2.60. The highest BCUT2D eigenvalue weighted by Gasteiger charge is 2.69. The van der Waals surface area contributed by atoms with Crippen molar-refractivity contribution in [3.05, 3.63) is 58.9 Å². The lowest BCUT2D eigenvalue weighted by Crippen LogP contribution is -2.84. The maximum absolute atomic E-state index is 13.4. The van der Waals surface area contributed by atoms with Gasteiger partial charge in [-0.2, -0.15) is 0 Å². The van der Waals surface area contributed by atoms with E-state index in [-0.39, 0.29) is 40.3 Å². The Balaban J connectivity index is 1.08. The van der Waals surface area contributed by atoms with Gasteiger partial charge in [0.05, 0.1) is 5.02 Å². The summed E-state index contributed by atoms with van der Waals surface area (Å²) in [6.07, 6.45) is 1.59. The number of rotatable bonds is 6. The number of carbonyl (C=O) groups is 2. The number of fused-ring (bicyclic) bond motifs is 1. The summed E-state index contributed by atoms with van der Waals surface area (Å²) in [5.41, 5.74) is 1.54. The van der Waals surface area contributed by atoms with E-state index >= 15 is 0 Å². The minimum absolute atomic E-state index is 0.000786. The lowest BCUT2D eigenvalue weighted by atomic mass is 9.44. The summed E-state index contributed by atoms with van der Waals surface area (Å²) >= 11 is 5.64. The first kappa shape index (κ1) is 20.1. The van der Waals surface area contributed by atoms with Gasteiger partial charge in [-0.15, -0.1) is 0 Å². The van der Waals surface area contributed by atoms with Gasteiger partial charge < -0.3 is 20.7 Å². The van der Waals surface area contributed by atoms with Crippen LogP contribution in [0.3, 0.4) is 0 Å². The Bertz CT molecular complexity index is 1040. The third kappa shape index (κ3) is 3.81. The molecule has 3 saturated carbocycles. The Morgan fingerprint density at radius 3 is 2.65 bits per heavy atom. The van der Waals surface area contributed by atoms with Crippen molar-refractivity contribution in [1.29, 1.82) is 0 Å². The Morgan fingerprint density at radius 2 is 1.87 bits per heavy atom. The van der Waals surface area contributed by atoms with Crippen LogP contribution in [0.5, 0.6) is 5.75 Å². The molecule has 6 rings (SSSR count). The Labute approximate surface area is 183 Å². The molecular weight excluding hydrogens is 423 g/mol. The van der Waals surface area contributed by atoms with Gasteiger partial charge in [-0.05, 0) is 43.0 Å². The molecule has 1 unspecified atom stereocenters. The van der Waals surface area contributed by atoms with Crippen LogP contribution in [0.1, 0.15) is 24.8 Å². The summed E-state index contributed by atoms with van der Waals surface area (Å²) in [4.78, 5) is 24.9. The van der Waals surface area contributed by atoms with Crippen molar-refractivity contribution in [2.75, 3.05) is 11.9 Å². The topological polar surface area (TPSA) is 91.5 Å². The van der Waals surface area contributed by atoms with Crippen molar-refractivity contribution in [1.82, 2.24) is 16.0 Å². The second kappa shape index (κ2) is 7.39. The van der Waals surface area contributed by atoms with E-state index < -0.39 is 12.0 Å². The summed E-state index contributed by atoms with van der Waals surface area (Å²) in [6.45, 7) is 0.420. The monoisotopic (exact) mass is 444 g/mol. The van der Waals surface area contributed by atoms with E-state index in [0.717, 1.165) is 17.3 Å². The summed E-state index contributed by atoms with van der Waals surface area (Å²) in [5.74, 6) is -0.723. The van der Waals surface area contributed by atoms with Gasteiger partial charge in [0.25, 0.3) is 11.8 Å². The van der Waals surface area contributed by atoms with Crippen LogP contribution in [-0.4, -0.2) is 35.7 Å². The fraction of sp³-hybridized carbons (Fsp3) is 0.364. The Hall–Kier alpha value is -2.84. The number of hydrogen-bond acceptors (Lipinski definition) is 5. The number of anilines is 1. The summed E-state index contributed by atoms with van der Waals surface area (Å²) in [7, 11) is 0. The van der Waals surface area contributed by atoms with Crippen LogP contribution in [0.25, 0.3) is 0 Å². The Morgan fingerprint density at radius 1 is 1.13 bits per heavy atom. The van der Waals surface area contributed by atoms with Crippen molar-refractivity contribution in [3.8, 4) is 5.75 Å². The van der Waals surface area contributed by atoms with Crippen LogP contribution in [0.2, 0.25) is 5.02 Å². The van der Waals surface area contributed by atoms with Gasteiger partial charge in [-0.1, -0.05) is 29.8 Å². The van der Waals surface area contributed by atoms with E-state index in [4.69, 9.17) is 16.3 Å². The SMILES string of the molecule is O=C(COc1ccc(Cl)c(F)c1)NC12CC(NC(=O)C3NCc4ccccc4N3)(C1)C2. The maximum atomic E-state index is 13.4. The number of halogens is 2. The second-order valence-electron chi connectivity index (χ2n) is 8.61. The average molecular weight is 445 g/mol. The minimum atomic E-state index is -0.595. The fourth-order valence-corrected chi connectivity index (χ4v) is 4.94. The van der Waals surface area contributed by atoms with E-state index in [0.29, 0.717) is 25.8 Å². The second-order valence-corrected chi connectivity index (χ2v) is 9.02. The molecule has 4 N–H and O–H groups in total. The van der Waals surface area contributed by atoms with Crippen LogP contribution < -0.4 is 26.0 Å². The lowest BCUT2D eigenvalue weighted by Gasteiger charge is -2.70. The van der Waals surface area contributed by atoms with Crippen LogP contribution in [0, 0.1) is 5.82 Å². The number of nitrogens with one attached hydrogen (secondary N) is 4. The molecule has 2 bridgehead atoms. The molecule has 2 amide bonds. The molecule has 3 aliphatic carbocycles. The molecule has 31 heavy (non-hydrogen) atoms. The number of para-hydroxylation sites is 1. The van der Waals surface area contributed by atoms with Crippen molar-refractivity contribution in [2.45, 2.75) is 43.1 Å². The zero-order valence-electron chi connectivity index (χ0n) is 16.6. The van der Waals surface area contributed by atoms with Gasteiger partial charge in [-0.25, -0.2) is 4.39 Å². The lowest BCUT2D eigenvalue weighted by molar-refractivity contribution is -0.151. The molecule has 1 heterocycles. The minimum Gasteiger partial charge on any atom is -0.484 e. The maximum Gasteiger partial charge on any atom is 0.258 e. The average Bonchev–Trinajstić information content (AvgIpc) is 2.71. The molecule has 2 aromatic rings. The highest BCUT2D eigenvalue weighted by atomic mass is 35.5. The van der Waals surface area contributed by atoms with E-state index in [9.17, 15) is 14.0 Å². The van der Waals surface area contributed by atoms with Crippen LogP contribution in [0.15, 0.2) is 42.5 Å². The molecule has 4 aliphatic rings. The van der Waals surface area contributed by atoms with Gasteiger partial charge in [-0.3, -0.25) is 14.9 Å². The molecule has 2 aromatic carbocycles. The summed E-state index contributed by atoms with van der Waals surface area (Å²) in [6, 6.07) is 11.9. The largest absolute Gasteiger partial charge is 0.484 e. The molecular formula is C22H22ClFN4O3. The number of benzene rings is 2. The molecule has 0 radical (unpaired) electrons. The fourth-order valence-electron chi connectivity index (χ4n) is 4.83. The van der Waals surface area contributed by atoms with Gasteiger partial charge in [0.15, 0.2) is 12.8 Å². The van der Waals surface area contributed by atoms with Gasteiger partial charge in [0.1, 0.15) is 11.6 Å². The zero-order chi connectivity index (χ0) is 21.6. The number of carbonyl (C=O) groups excluding carboxylic acids is 2. The highest BCUT2D eigenvalue weighted by molar-refractivity contribution is 6.30. The third-order valence-electron chi connectivity index (χ3n) is 6.16. The number of ether oxygens (including phenoxy) is 1. The van der Waals surface area contributed by atoms with E-state index in [1.54, 1.807) is 0 Å². The van der Waals surface area contributed by atoms with E-state index in [1.165, 1.54) is 12.1 Å². The van der Waals surface area contributed by atoms with Crippen molar-refractivity contribution < 1.29 is 18.7 Å². The molecule has 0 spiro atoms. The molecule has 0 aromatic heterocycles. The molecule has 7 nitrogen and oxygen atoms in total. The van der Waals surface area contributed by atoms with E-state index in [2.05, 4.69) is 21.3 Å². The van der Waals surface area contributed by atoms with Crippen LogP contribution >= 0.6 is 11.6 Å². The first-order valence-electron chi connectivity index (χ1n) is 10.1. The first-order valence-corrected chi connectivity index (χ1v) is 10.5. The van der Waals surface area contributed by atoms with Crippen molar-refractivity contribution in [2.24, 2.45) is 0 Å². The summed E-state index contributed by atoms with van der Waals surface area (Å²) in [5, 5.41) is 12.5. The van der Waals surface area contributed by atoms with Gasteiger partial charge >= 0.3 is 0 Å². The van der Waals surface area contributed by atoms with Crippen LogP contribution in [0.4, 0.5) is 10.1 Å². The smallest absolute Gasteiger partial charge is 0.258 e. The molecule has 3 fully saturated rings. The Kier molecular flexibility index (Phi) is 4.79. The van der Waals surface area contributed by atoms with Gasteiger partial charge in [0.2, 0.25) is 0 Å². The van der Waals surface area contributed by atoms with Crippen molar-refractivity contribution in [3.63, 3.8) is 0 Å². The number of hydrogen-bond donors (Lipinski definition) is 4. The molecule has 1 atom stereocenters. The number of amides is 2. The third-order valence-corrected chi connectivity index (χ3v) is 6.47.